The van der Waals surface area contributed by atoms with Gasteiger partial charge in [-0.1, -0.05) is 6.42 Å². The van der Waals surface area contributed by atoms with E-state index in [9.17, 15) is 18.4 Å². The number of carbonyl (C=O) groups is 2. The van der Waals surface area contributed by atoms with Crippen LogP contribution in [0.2, 0.25) is 0 Å². The van der Waals surface area contributed by atoms with Crippen molar-refractivity contribution in [3.8, 4) is 0 Å². The number of hydrogen-bond acceptors (Lipinski definition) is 2. The summed E-state index contributed by atoms with van der Waals surface area (Å²) in [6.45, 7) is 0. The third-order valence-electron chi connectivity index (χ3n) is 2.15. The lowest BCUT2D eigenvalue weighted by Crippen LogP contribution is -2.26. The maximum absolute atomic E-state index is 11.7. The number of Topliss-reactive ketones (excluding diaryl/α,β-unsaturated/α-hetero) is 2. The molecule has 1 saturated carbocycles. The minimum Gasteiger partial charge on any atom is -0.299 e. The minimum atomic E-state index is -2.99. The Morgan fingerprint density at radius 2 is 1.92 bits per heavy atom. The molecule has 68 valence electrons. The van der Waals surface area contributed by atoms with Crippen LogP contribution < -0.4 is 0 Å². The molecule has 0 aromatic carbocycles. The molecule has 2 nitrogen and oxygen atoms in total. The zero-order valence-corrected chi connectivity index (χ0v) is 6.56. The molecule has 0 unspecified atom stereocenters. The van der Waals surface area contributed by atoms with E-state index in [-0.39, 0.29) is 11.7 Å². The Bertz CT molecular complexity index is 197. The molecule has 4 heteroatoms. The number of halogens is 2. The molecule has 0 aliphatic heterocycles. The third-order valence-corrected chi connectivity index (χ3v) is 2.15. The first-order valence-corrected chi connectivity index (χ1v) is 3.95. The van der Waals surface area contributed by atoms with Crippen molar-refractivity contribution in [2.24, 2.45) is 5.92 Å². The monoisotopic (exact) mass is 176 g/mol. The number of rotatable bonds is 4. The highest BCUT2D eigenvalue weighted by molar-refractivity contribution is 6.01. The number of ketones is 2. The summed E-state index contributed by atoms with van der Waals surface area (Å²) < 4.78 is 23.3. The van der Waals surface area contributed by atoms with Gasteiger partial charge in [-0.25, -0.2) is 8.78 Å². The van der Waals surface area contributed by atoms with Gasteiger partial charge < -0.3 is 0 Å². The van der Waals surface area contributed by atoms with Gasteiger partial charge in [-0.2, -0.15) is 0 Å². The minimum absolute atomic E-state index is 0.118. The van der Waals surface area contributed by atoms with Crippen molar-refractivity contribution in [3.63, 3.8) is 0 Å². The van der Waals surface area contributed by atoms with Gasteiger partial charge in [0.1, 0.15) is 5.78 Å². The van der Waals surface area contributed by atoms with Crippen LogP contribution in [0.5, 0.6) is 0 Å². The molecule has 0 atom stereocenters. The van der Waals surface area contributed by atoms with Crippen molar-refractivity contribution in [1.29, 1.82) is 0 Å². The van der Waals surface area contributed by atoms with Gasteiger partial charge in [0.15, 0.2) is 0 Å². The standard InChI is InChI=1S/C8H10F2O2/c9-8(10)7(12)4-6(11)5-2-1-3-5/h5,8H,1-4H2. The normalized spacial score (nSPS) is 17.6. The van der Waals surface area contributed by atoms with Gasteiger partial charge >= 0.3 is 0 Å². The topological polar surface area (TPSA) is 34.1 Å². The highest BCUT2D eigenvalue weighted by Gasteiger charge is 2.28. The molecule has 0 aromatic heterocycles. The highest BCUT2D eigenvalue weighted by atomic mass is 19.3. The van der Waals surface area contributed by atoms with E-state index in [1.165, 1.54) is 0 Å². The predicted molar refractivity (Wildman–Crippen MR) is 38.0 cm³/mol. The Balaban J connectivity index is 2.30. The second-order valence-electron chi connectivity index (χ2n) is 3.04. The van der Waals surface area contributed by atoms with E-state index in [1.54, 1.807) is 0 Å². The first kappa shape index (κ1) is 9.29. The molecule has 0 saturated heterocycles. The molecule has 0 N–H and O–H groups in total. The second kappa shape index (κ2) is 3.74. The second-order valence-corrected chi connectivity index (χ2v) is 3.04. The summed E-state index contributed by atoms with van der Waals surface area (Å²) in [6.07, 6.45) is -1.08. The van der Waals surface area contributed by atoms with Gasteiger partial charge in [0, 0.05) is 5.92 Å². The van der Waals surface area contributed by atoms with Crippen molar-refractivity contribution in [3.05, 3.63) is 0 Å². The van der Waals surface area contributed by atoms with E-state index in [0.29, 0.717) is 0 Å². The Labute approximate surface area is 68.9 Å². The van der Waals surface area contributed by atoms with Gasteiger partial charge in [0.05, 0.1) is 6.42 Å². The van der Waals surface area contributed by atoms with E-state index < -0.39 is 18.6 Å². The predicted octanol–water partition coefficient (Wildman–Crippen LogP) is 1.58. The summed E-state index contributed by atoms with van der Waals surface area (Å²) >= 11 is 0. The zero-order chi connectivity index (χ0) is 9.14. The summed E-state index contributed by atoms with van der Waals surface area (Å²) in [5.74, 6) is -1.67. The molecule has 1 rings (SSSR count). The average Bonchev–Trinajstić information content (AvgIpc) is 1.82. The van der Waals surface area contributed by atoms with Crippen LogP contribution in [0.1, 0.15) is 25.7 Å². The molecule has 0 bridgehead atoms. The van der Waals surface area contributed by atoms with Crippen molar-refractivity contribution >= 4 is 11.6 Å². The quantitative estimate of drug-likeness (QED) is 0.609. The van der Waals surface area contributed by atoms with Crippen LogP contribution in [-0.4, -0.2) is 18.0 Å². The molecule has 12 heavy (non-hydrogen) atoms. The van der Waals surface area contributed by atoms with Crippen molar-refractivity contribution < 1.29 is 18.4 Å². The summed E-state index contributed by atoms with van der Waals surface area (Å²) in [7, 11) is 0. The van der Waals surface area contributed by atoms with Crippen LogP contribution in [0, 0.1) is 5.92 Å². The molecule has 1 fully saturated rings. The zero-order valence-electron chi connectivity index (χ0n) is 6.56. The Kier molecular flexibility index (Phi) is 2.89. The largest absolute Gasteiger partial charge is 0.299 e. The Morgan fingerprint density at radius 1 is 1.33 bits per heavy atom. The summed E-state index contributed by atoms with van der Waals surface area (Å²) in [5, 5.41) is 0. The van der Waals surface area contributed by atoms with Crippen LogP contribution in [0.15, 0.2) is 0 Å². The van der Waals surface area contributed by atoms with Crippen LogP contribution in [0.25, 0.3) is 0 Å². The molecular formula is C8H10F2O2. The summed E-state index contributed by atoms with van der Waals surface area (Å²) in [6, 6.07) is 0. The third kappa shape index (κ3) is 2.09. The van der Waals surface area contributed by atoms with Gasteiger partial charge in [0.25, 0.3) is 6.43 Å². The van der Waals surface area contributed by atoms with Crippen LogP contribution in [-0.2, 0) is 9.59 Å². The average molecular weight is 176 g/mol. The first-order chi connectivity index (χ1) is 5.61. The molecule has 0 aromatic rings. The fraction of sp³-hybridized carbons (Fsp3) is 0.750. The lowest BCUT2D eigenvalue weighted by molar-refractivity contribution is -0.136. The fourth-order valence-electron chi connectivity index (χ4n) is 1.12. The molecule has 1 aliphatic rings. The van der Waals surface area contributed by atoms with Gasteiger partial charge in [-0.15, -0.1) is 0 Å². The van der Waals surface area contributed by atoms with Gasteiger partial charge in [-0.05, 0) is 12.8 Å². The van der Waals surface area contributed by atoms with Gasteiger partial charge in [0.2, 0.25) is 5.78 Å². The number of carbonyl (C=O) groups excluding carboxylic acids is 2. The fourth-order valence-corrected chi connectivity index (χ4v) is 1.12. The van der Waals surface area contributed by atoms with E-state index in [0.717, 1.165) is 19.3 Å². The molecule has 0 spiro atoms. The van der Waals surface area contributed by atoms with Crippen molar-refractivity contribution in [2.75, 3.05) is 0 Å². The SMILES string of the molecule is O=C(CC(=O)C1CCC1)C(F)F. The van der Waals surface area contributed by atoms with E-state index >= 15 is 0 Å². The maximum Gasteiger partial charge on any atom is 0.296 e. The molecule has 1 aliphatic carbocycles. The van der Waals surface area contributed by atoms with E-state index in [2.05, 4.69) is 0 Å². The Morgan fingerprint density at radius 3 is 2.25 bits per heavy atom. The number of hydrogen-bond donors (Lipinski definition) is 0. The van der Waals surface area contributed by atoms with E-state index in [1.807, 2.05) is 0 Å². The van der Waals surface area contributed by atoms with Crippen molar-refractivity contribution in [1.82, 2.24) is 0 Å². The lowest BCUT2D eigenvalue weighted by Gasteiger charge is -2.23. The molecular weight excluding hydrogens is 166 g/mol. The summed E-state index contributed by atoms with van der Waals surface area (Å²) in [4.78, 5) is 21.4. The van der Waals surface area contributed by atoms with Gasteiger partial charge in [-0.3, -0.25) is 9.59 Å². The molecule has 0 amide bonds. The number of alkyl halides is 2. The van der Waals surface area contributed by atoms with Crippen molar-refractivity contribution in [2.45, 2.75) is 32.1 Å². The molecule has 0 heterocycles. The first-order valence-electron chi connectivity index (χ1n) is 3.95. The van der Waals surface area contributed by atoms with Crippen LogP contribution >= 0.6 is 0 Å². The van der Waals surface area contributed by atoms with E-state index in [4.69, 9.17) is 0 Å². The van der Waals surface area contributed by atoms with Crippen LogP contribution in [0.4, 0.5) is 8.78 Å². The summed E-state index contributed by atoms with van der Waals surface area (Å²) in [5.41, 5.74) is 0. The Hall–Kier alpha value is -0.800. The highest BCUT2D eigenvalue weighted by Crippen LogP contribution is 2.28. The lowest BCUT2D eigenvalue weighted by atomic mass is 9.81. The molecule has 0 radical (unpaired) electrons. The van der Waals surface area contributed by atoms with Crippen LogP contribution in [0.3, 0.4) is 0 Å². The smallest absolute Gasteiger partial charge is 0.296 e. The maximum atomic E-state index is 11.7.